The molecule has 0 aliphatic heterocycles. The molecule has 21 heavy (non-hydrogen) atoms. The largest absolute Gasteiger partial charge is 0.480 e. The van der Waals surface area contributed by atoms with E-state index in [2.05, 4.69) is 0 Å². The van der Waals surface area contributed by atoms with Gasteiger partial charge in [-0.2, -0.15) is 0 Å². The summed E-state index contributed by atoms with van der Waals surface area (Å²) in [6, 6.07) is 7.02. The number of Topliss-reactive ketones (excluding diaryl/α,β-unsaturated/α-hetero) is 1. The minimum absolute atomic E-state index is 0.0194. The molecule has 0 atom stereocenters. The molecule has 1 heterocycles. The number of rotatable bonds is 5. The van der Waals surface area contributed by atoms with Gasteiger partial charge >= 0.3 is 0 Å². The van der Waals surface area contributed by atoms with Crippen LogP contribution in [0.5, 0.6) is 5.75 Å². The molecule has 2 N–H and O–H groups in total. The first-order valence-electron chi connectivity index (χ1n) is 7.03. The molecule has 1 aromatic heterocycles. The van der Waals surface area contributed by atoms with Gasteiger partial charge in [-0.1, -0.05) is 6.92 Å². The van der Waals surface area contributed by atoms with Crippen LogP contribution < -0.4 is 16.0 Å². The fourth-order valence-corrected chi connectivity index (χ4v) is 2.22. The zero-order valence-corrected chi connectivity index (χ0v) is 12.6. The Balaban J connectivity index is 2.58. The molecule has 0 aliphatic carbocycles. The van der Waals surface area contributed by atoms with Crippen molar-refractivity contribution in [3.8, 4) is 5.75 Å². The maximum atomic E-state index is 12.5. The molecule has 0 radical (unpaired) electrons. The van der Waals surface area contributed by atoms with E-state index in [0.29, 0.717) is 12.1 Å². The Labute approximate surface area is 123 Å². The molecule has 0 aliphatic rings. The number of carbonyl (C=O) groups excluding carboxylic acids is 1. The van der Waals surface area contributed by atoms with Crippen LogP contribution in [0.15, 0.2) is 29.1 Å². The number of pyridine rings is 1. The molecule has 5 heteroatoms. The molecule has 0 saturated heterocycles. The summed E-state index contributed by atoms with van der Waals surface area (Å²) in [5.74, 6) is 0.141. The molecule has 5 nitrogen and oxygen atoms in total. The van der Waals surface area contributed by atoms with Crippen molar-refractivity contribution < 1.29 is 9.53 Å². The number of nitrogens with two attached hydrogens (primary N) is 1. The van der Waals surface area contributed by atoms with Crippen LogP contribution in [0.2, 0.25) is 0 Å². The predicted molar refractivity (Wildman–Crippen MR) is 83.8 cm³/mol. The molecule has 0 unspecified atom stereocenters. The van der Waals surface area contributed by atoms with Crippen LogP contribution in [-0.4, -0.2) is 17.0 Å². The Morgan fingerprint density at radius 3 is 2.67 bits per heavy atom. The van der Waals surface area contributed by atoms with Gasteiger partial charge in [0.1, 0.15) is 6.61 Å². The van der Waals surface area contributed by atoms with Gasteiger partial charge in [-0.15, -0.1) is 0 Å². The van der Waals surface area contributed by atoms with Crippen LogP contribution in [0.3, 0.4) is 0 Å². The van der Waals surface area contributed by atoms with Gasteiger partial charge in [-0.25, -0.2) is 0 Å². The summed E-state index contributed by atoms with van der Waals surface area (Å²) < 4.78 is 7.06. The highest BCUT2D eigenvalue weighted by Crippen LogP contribution is 2.22. The topological polar surface area (TPSA) is 74.3 Å². The number of ether oxygens (including phenoxy) is 1. The first kappa shape index (κ1) is 15.1. The second-order valence-electron chi connectivity index (χ2n) is 5.28. The van der Waals surface area contributed by atoms with E-state index in [4.69, 9.17) is 10.5 Å². The van der Waals surface area contributed by atoms with Crippen molar-refractivity contribution in [1.82, 2.24) is 4.57 Å². The van der Waals surface area contributed by atoms with Crippen molar-refractivity contribution in [3.05, 3.63) is 34.6 Å². The van der Waals surface area contributed by atoms with Crippen molar-refractivity contribution in [3.63, 3.8) is 0 Å². The summed E-state index contributed by atoms with van der Waals surface area (Å²) in [6.45, 7) is 5.53. The fourth-order valence-electron chi connectivity index (χ4n) is 2.22. The summed E-state index contributed by atoms with van der Waals surface area (Å²) in [5.41, 5.74) is 6.99. The number of nitrogen functional groups attached to an aromatic ring is 1. The lowest BCUT2D eigenvalue weighted by molar-refractivity contribution is -0.120. The van der Waals surface area contributed by atoms with Crippen LogP contribution in [0, 0.1) is 0 Å². The quantitative estimate of drug-likeness (QED) is 0.858. The van der Waals surface area contributed by atoms with Crippen molar-refractivity contribution in [2.75, 3.05) is 12.3 Å². The number of aromatic nitrogens is 1. The summed E-state index contributed by atoms with van der Waals surface area (Å²) >= 11 is 0. The molecule has 0 saturated carbocycles. The number of hydrogen-bond donors (Lipinski definition) is 1. The van der Waals surface area contributed by atoms with E-state index in [1.165, 1.54) is 0 Å². The Morgan fingerprint density at radius 2 is 2.05 bits per heavy atom. The standard InChI is InChI=1S/C16H20N2O3/c1-4-13(19)9-21-15-8-11-7-12(17)5-6-14(11)18(10(2)3)16(15)20/h5-8,10H,4,9,17H2,1-3H3. The zero-order valence-electron chi connectivity index (χ0n) is 12.6. The second kappa shape index (κ2) is 5.99. The van der Waals surface area contributed by atoms with E-state index in [9.17, 15) is 9.59 Å². The van der Waals surface area contributed by atoms with E-state index in [1.807, 2.05) is 19.9 Å². The third-order valence-corrected chi connectivity index (χ3v) is 3.33. The first-order valence-corrected chi connectivity index (χ1v) is 7.03. The number of nitrogens with zero attached hydrogens (tertiary/aromatic N) is 1. The molecule has 0 spiro atoms. The van der Waals surface area contributed by atoms with E-state index >= 15 is 0 Å². The Bertz CT molecular complexity index is 732. The lowest BCUT2D eigenvalue weighted by Gasteiger charge is -2.16. The van der Waals surface area contributed by atoms with Crippen LogP contribution in [0.4, 0.5) is 5.69 Å². The van der Waals surface area contributed by atoms with Crippen LogP contribution in [-0.2, 0) is 4.79 Å². The van der Waals surface area contributed by atoms with Gasteiger partial charge in [0.05, 0.1) is 5.52 Å². The monoisotopic (exact) mass is 288 g/mol. The predicted octanol–water partition coefficient (Wildman–Crippen LogP) is 2.52. The lowest BCUT2D eigenvalue weighted by atomic mass is 10.1. The fraction of sp³-hybridized carbons (Fsp3) is 0.375. The van der Waals surface area contributed by atoms with Gasteiger partial charge in [-0.05, 0) is 38.1 Å². The maximum Gasteiger partial charge on any atom is 0.293 e. The van der Waals surface area contributed by atoms with Gasteiger partial charge in [0.15, 0.2) is 11.5 Å². The van der Waals surface area contributed by atoms with Gasteiger partial charge in [0.2, 0.25) is 0 Å². The SMILES string of the molecule is CCC(=O)COc1cc2cc(N)ccc2n(C(C)C)c1=O. The zero-order chi connectivity index (χ0) is 15.6. The van der Waals surface area contributed by atoms with Crippen molar-refractivity contribution in [2.24, 2.45) is 0 Å². The molecule has 1 aromatic carbocycles. The third-order valence-electron chi connectivity index (χ3n) is 3.33. The van der Waals surface area contributed by atoms with E-state index in [-0.39, 0.29) is 29.7 Å². The molecular weight excluding hydrogens is 268 g/mol. The van der Waals surface area contributed by atoms with Gasteiger partial charge in [0, 0.05) is 23.5 Å². The smallest absolute Gasteiger partial charge is 0.293 e. The van der Waals surface area contributed by atoms with E-state index in [0.717, 1.165) is 10.9 Å². The summed E-state index contributed by atoms with van der Waals surface area (Å²) in [7, 11) is 0. The van der Waals surface area contributed by atoms with E-state index in [1.54, 1.807) is 29.7 Å². The number of ketones is 1. The van der Waals surface area contributed by atoms with Gasteiger partial charge in [-0.3, -0.25) is 9.59 Å². The first-order chi connectivity index (χ1) is 9.93. The maximum absolute atomic E-state index is 12.5. The highest BCUT2D eigenvalue weighted by molar-refractivity contribution is 5.84. The third kappa shape index (κ3) is 3.07. The number of fused-ring (bicyclic) bond motifs is 1. The number of benzene rings is 1. The van der Waals surface area contributed by atoms with Gasteiger partial charge < -0.3 is 15.0 Å². The highest BCUT2D eigenvalue weighted by Gasteiger charge is 2.13. The highest BCUT2D eigenvalue weighted by atomic mass is 16.5. The van der Waals surface area contributed by atoms with Gasteiger partial charge in [0.25, 0.3) is 5.56 Å². The molecule has 0 fully saturated rings. The number of anilines is 1. The lowest BCUT2D eigenvalue weighted by Crippen LogP contribution is -2.25. The van der Waals surface area contributed by atoms with Crippen molar-refractivity contribution in [2.45, 2.75) is 33.2 Å². The Kier molecular flexibility index (Phi) is 4.31. The minimum atomic E-state index is -0.230. The Hall–Kier alpha value is -2.30. The van der Waals surface area contributed by atoms with Crippen molar-refractivity contribution >= 4 is 22.4 Å². The molecule has 0 amide bonds. The van der Waals surface area contributed by atoms with Crippen LogP contribution >= 0.6 is 0 Å². The summed E-state index contributed by atoms with van der Waals surface area (Å²) in [4.78, 5) is 23.9. The molecule has 2 aromatic rings. The normalized spacial score (nSPS) is 11.0. The summed E-state index contributed by atoms with van der Waals surface area (Å²) in [5, 5.41) is 0.822. The van der Waals surface area contributed by atoms with Crippen molar-refractivity contribution in [1.29, 1.82) is 0 Å². The Morgan fingerprint density at radius 1 is 1.33 bits per heavy atom. The summed E-state index contributed by atoms with van der Waals surface area (Å²) in [6.07, 6.45) is 0.388. The van der Waals surface area contributed by atoms with E-state index < -0.39 is 0 Å². The average Bonchev–Trinajstić information content (AvgIpc) is 2.44. The van der Waals surface area contributed by atoms with Crippen LogP contribution in [0.25, 0.3) is 10.9 Å². The van der Waals surface area contributed by atoms with Crippen LogP contribution in [0.1, 0.15) is 33.2 Å². The number of hydrogen-bond acceptors (Lipinski definition) is 4. The second-order valence-corrected chi connectivity index (χ2v) is 5.28. The number of carbonyl (C=O) groups is 1. The molecule has 0 bridgehead atoms. The average molecular weight is 288 g/mol. The molecular formula is C16H20N2O3. The molecule has 112 valence electrons. The molecule has 2 rings (SSSR count). The minimum Gasteiger partial charge on any atom is -0.480 e.